The Hall–Kier alpha value is -2.93. The lowest BCUT2D eigenvalue weighted by Crippen LogP contribution is -2.39. The lowest BCUT2D eigenvalue weighted by molar-refractivity contribution is 0.0691. The van der Waals surface area contributed by atoms with Gasteiger partial charge in [0.25, 0.3) is 5.91 Å². The third-order valence-electron chi connectivity index (χ3n) is 4.99. The number of anilines is 1. The van der Waals surface area contributed by atoms with Gasteiger partial charge < -0.3 is 15.1 Å². The zero-order valence-corrected chi connectivity index (χ0v) is 16.9. The molecule has 1 aromatic carbocycles. The van der Waals surface area contributed by atoms with Gasteiger partial charge >= 0.3 is 0 Å². The summed E-state index contributed by atoms with van der Waals surface area (Å²) in [6.07, 6.45) is 4.18. The molecule has 0 radical (unpaired) electrons. The number of aryl methyl sites for hydroxylation is 1. The summed E-state index contributed by atoms with van der Waals surface area (Å²) in [6.45, 7) is 3.01. The van der Waals surface area contributed by atoms with E-state index in [9.17, 15) is 4.79 Å². The number of carbonyl (C=O) groups is 1. The summed E-state index contributed by atoms with van der Waals surface area (Å²) in [5, 5.41) is 0.698. The van der Waals surface area contributed by atoms with Crippen molar-refractivity contribution in [2.45, 2.75) is 32.1 Å². The number of aromatic nitrogens is 3. The Morgan fingerprint density at radius 2 is 2.21 bits per heavy atom. The summed E-state index contributed by atoms with van der Waals surface area (Å²) in [5.74, 6) is 1.47. The van der Waals surface area contributed by atoms with Gasteiger partial charge in [-0.05, 0) is 43.5 Å². The molecule has 2 aromatic heterocycles. The monoisotopic (exact) mass is 411 g/mol. The quantitative estimate of drug-likeness (QED) is 0.704. The molecule has 3 aromatic rings. The predicted octanol–water partition coefficient (Wildman–Crippen LogP) is 3.62. The van der Waals surface area contributed by atoms with Gasteiger partial charge in [-0.15, -0.1) is 0 Å². The first-order chi connectivity index (χ1) is 14.0. The van der Waals surface area contributed by atoms with E-state index in [1.165, 1.54) is 0 Å². The fourth-order valence-corrected chi connectivity index (χ4v) is 3.88. The molecule has 0 unspecified atom stereocenters. The maximum Gasteiger partial charge on any atom is 0.272 e. The highest BCUT2D eigenvalue weighted by Gasteiger charge is 2.29. The minimum absolute atomic E-state index is 0.0566. The van der Waals surface area contributed by atoms with Gasteiger partial charge in [0.2, 0.25) is 5.95 Å². The van der Waals surface area contributed by atoms with Crippen LogP contribution in [-0.4, -0.2) is 38.8 Å². The Morgan fingerprint density at radius 1 is 1.34 bits per heavy atom. The zero-order chi connectivity index (χ0) is 20.4. The third-order valence-corrected chi connectivity index (χ3v) is 5.22. The van der Waals surface area contributed by atoms with Gasteiger partial charge in [-0.1, -0.05) is 23.7 Å². The molecule has 2 N–H and O–H groups in total. The molecule has 1 amide bonds. The van der Waals surface area contributed by atoms with Crippen molar-refractivity contribution in [1.29, 1.82) is 0 Å². The molecule has 0 saturated carbocycles. The zero-order valence-electron chi connectivity index (χ0n) is 16.1. The van der Waals surface area contributed by atoms with Gasteiger partial charge in [0.1, 0.15) is 11.5 Å². The van der Waals surface area contributed by atoms with E-state index < -0.39 is 0 Å². The number of halogens is 1. The molecule has 4 rings (SSSR count). The van der Waals surface area contributed by atoms with Crippen molar-refractivity contribution in [3.63, 3.8) is 0 Å². The van der Waals surface area contributed by atoms with Crippen LogP contribution in [0.2, 0.25) is 5.02 Å². The van der Waals surface area contributed by atoms with Crippen molar-refractivity contribution >= 4 is 23.5 Å². The standard InChI is InChI=1S/C21H22ClN5O2/c1-13-8-18(26-21(23)25-13)20(28)27-7-3-5-15(12-27)19-24-11-17(29-19)10-14-4-2-6-16(22)9-14/h2,4,6,8-9,11,15H,3,5,7,10,12H2,1H3,(H2,23,25,26)/t15-/m1/s1. The summed E-state index contributed by atoms with van der Waals surface area (Å²) in [5.41, 5.74) is 7.76. The van der Waals surface area contributed by atoms with E-state index >= 15 is 0 Å². The molecule has 8 heteroatoms. The molecule has 1 fully saturated rings. The van der Waals surface area contributed by atoms with Crippen LogP contribution in [0.5, 0.6) is 0 Å². The summed E-state index contributed by atoms with van der Waals surface area (Å²) in [7, 11) is 0. The number of hydrogen-bond acceptors (Lipinski definition) is 6. The maximum absolute atomic E-state index is 12.9. The first kappa shape index (κ1) is 19.4. The van der Waals surface area contributed by atoms with Crippen molar-refractivity contribution < 1.29 is 9.21 Å². The second-order valence-electron chi connectivity index (χ2n) is 7.31. The van der Waals surface area contributed by atoms with Gasteiger partial charge in [-0.25, -0.2) is 15.0 Å². The Kier molecular flexibility index (Phi) is 5.49. The molecule has 0 spiro atoms. The third kappa shape index (κ3) is 4.56. The molecule has 1 aliphatic heterocycles. The fraction of sp³-hybridized carbons (Fsp3) is 0.333. The van der Waals surface area contributed by atoms with Crippen molar-refractivity contribution in [3.05, 3.63) is 70.2 Å². The Labute approximate surface area is 173 Å². The van der Waals surface area contributed by atoms with Crippen LogP contribution < -0.4 is 5.73 Å². The van der Waals surface area contributed by atoms with Gasteiger partial charge in [0.05, 0.1) is 12.1 Å². The first-order valence-corrected chi connectivity index (χ1v) is 9.95. The lowest BCUT2D eigenvalue weighted by atomic mass is 9.97. The lowest BCUT2D eigenvalue weighted by Gasteiger charge is -2.31. The van der Waals surface area contributed by atoms with Gasteiger partial charge in [-0.2, -0.15) is 0 Å². The molecule has 1 atom stereocenters. The molecule has 0 bridgehead atoms. The summed E-state index contributed by atoms with van der Waals surface area (Å²) < 4.78 is 6.00. The van der Waals surface area contributed by atoms with E-state index in [2.05, 4.69) is 15.0 Å². The SMILES string of the molecule is Cc1cc(C(=O)N2CCC[C@@H](c3ncc(Cc4cccc(Cl)c4)o3)C2)nc(N)n1. The second-order valence-corrected chi connectivity index (χ2v) is 7.75. The number of rotatable bonds is 4. The molecular weight excluding hydrogens is 390 g/mol. The molecule has 3 heterocycles. The first-order valence-electron chi connectivity index (χ1n) is 9.57. The van der Waals surface area contributed by atoms with E-state index in [0.29, 0.717) is 41.8 Å². The van der Waals surface area contributed by atoms with Crippen LogP contribution in [-0.2, 0) is 6.42 Å². The van der Waals surface area contributed by atoms with Crippen LogP contribution in [0.1, 0.15) is 52.2 Å². The highest BCUT2D eigenvalue weighted by molar-refractivity contribution is 6.30. The van der Waals surface area contributed by atoms with Crippen LogP contribution in [0.4, 0.5) is 5.95 Å². The number of nitrogen functional groups attached to an aromatic ring is 1. The summed E-state index contributed by atoms with van der Waals surface area (Å²) in [6, 6.07) is 9.35. The normalized spacial score (nSPS) is 16.8. The Balaban J connectivity index is 1.46. The number of nitrogens with zero attached hydrogens (tertiary/aromatic N) is 4. The molecule has 1 saturated heterocycles. The van der Waals surface area contributed by atoms with Gasteiger partial charge in [-0.3, -0.25) is 4.79 Å². The number of amides is 1. The molecular formula is C21H22ClN5O2. The van der Waals surface area contributed by atoms with Crippen LogP contribution >= 0.6 is 11.6 Å². The number of carbonyl (C=O) groups excluding carboxylic acids is 1. The summed E-state index contributed by atoms with van der Waals surface area (Å²) >= 11 is 6.05. The average Bonchev–Trinajstić information content (AvgIpc) is 3.15. The molecule has 150 valence electrons. The van der Waals surface area contributed by atoms with Gasteiger partial charge in [0.15, 0.2) is 5.89 Å². The minimum atomic E-state index is -0.141. The number of oxazole rings is 1. The van der Waals surface area contributed by atoms with E-state index in [-0.39, 0.29) is 17.8 Å². The van der Waals surface area contributed by atoms with Crippen LogP contribution in [0.15, 0.2) is 40.9 Å². The van der Waals surface area contributed by atoms with Gasteiger partial charge in [0, 0.05) is 30.2 Å². The number of benzene rings is 1. The fourth-order valence-electron chi connectivity index (χ4n) is 3.67. The smallest absolute Gasteiger partial charge is 0.272 e. The number of piperidine rings is 1. The molecule has 29 heavy (non-hydrogen) atoms. The van der Waals surface area contributed by atoms with E-state index in [4.69, 9.17) is 21.8 Å². The van der Waals surface area contributed by atoms with E-state index in [0.717, 1.165) is 24.2 Å². The van der Waals surface area contributed by atoms with Crippen molar-refractivity contribution in [2.24, 2.45) is 0 Å². The summed E-state index contributed by atoms with van der Waals surface area (Å²) in [4.78, 5) is 27.3. The number of nitrogens with two attached hydrogens (primary N) is 1. The van der Waals surface area contributed by atoms with Crippen molar-refractivity contribution in [1.82, 2.24) is 19.9 Å². The topological polar surface area (TPSA) is 98.1 Å². The molecule has 0 aliphatic carbocycles. The van der Waals surface area contributed by atoms with Crippen LogP contribution in [0.3, 0.4) is 0 Å². The largest absolute Gasteiger partial charge is 0.445 e. The van der Waals surface area contributed by atoms with Crippen molar-refractivity contribution in [3.8, 4) is 0 Å². The van der Waals surface area contributed by atoms with E-state index in [1.54, 1.807) is 24.1 Å². The van der Waals surface area contributed by atoms with Crippen molar-refractivity contribution in [2.75, 3.05) is 18.8 Å². The number of likely N-dealkylation sites (tertiary alicyclic amines) is 1. The highest BCUT2D eigenvalue weighted by atomic mass is 35.5. The molecule has 1 aliphatic rings. The average molecular weight is 412 g/mol. The second kappa shape index (κ2) is 8.21. The minimum Gasteiger partial charge on any atom is -0.445 e. The van der Waals surface area contributed by atoms with Crippen LogP contribution in [0.25, 0.3) is 0 Å². The van der Waals surface area contributed by atoms with Crippen LogP contribution in [0, 0.1) is 6.92 Å². The maximum atomic E-state index is 12.9. The predicted molar refractivity (Wildman–Crippen MR) is 110 cm³/mol. The van der Waals surface area contributed by atoms with E-state index in [1.807, 2.05) is 24.3 Å². The Morgan fingerprint density at radius 3 is 3.00 bits per heavy atom. The molecule has 7 nitrogen and oxygen atoms in total. The Bertz CT molecular complexity index is 1020. The highest BCUT2D eigenvalue weighted by Crippen LogP contribution is 2.28. The number of hydrogen-bond donors (Lipinski definition) is 1.